The molecule has 4 rings (SSSR count). The first-order valence-corrected chi connectivity index (χ1v) is 12.0. The number of anilines is 1. The fourth-order valence-electron chi connectivity index (χ4n) is 4.69. The Hall–Kier alpha value is -2.98. The largest absolute Gasteiger partial charge is 0.497 e. The molecule has 0 radical (unpaired) electrons. The van der Waals surface area contributed by atoms with Crippen LogP contribution in [0.4, 0.5) is 5.82 Å². The summed E-state index contributed by atoms with van der Waals surface area (Å²) >= 11 is 0. The maximum atomic E-state index is 12.8. The summed E-state index contributed by atoms with van der Waals surface area (Å²) in [7, 11) is 1.64. The van der Waals surface area contributed by atoms with Crippen molar-refractivity contribution in [2.24, 2.45) is 5.92 Å². The van der Waals surface area contributed by atoms with Crippen LogP contribution in [0.1, 0.15) is 38.9 Å². The highest BCUT2D eigenvalue weighted by Crippen LogP contribution is 2.25. The Kier molecular flexibility index (Phi) is 7.47. The number of carbonyl (C=O) groups is 1. The van der Waals surface area contributed by atoms with Gasteiger partial charge in [-0.25, -0.2) is 4.98 Å². The highest BCUT2D eigenvalue weighted by atomic mass is 16.5. The van der Waals surface area contributed by atoms with Crippen molar-refractivity contribution < 1.29 is 14.6 Å². The SMILES string of the molecule is COc1ccc2c(c1)nc(NCCCCNC(=O)C(C(C)C)N1CC[C@H](O)C1)c1nnc(C)n12. The number of hydrogen-bond acceptors (Lipinski definition) is 8. The molecule has 1 aromatic carbocycles. The van der Waals surface area contributed by atoms with E-state index in [1.807, 2.05) is 29.5 Å². The van der Waals surface area contributed by atoms with Crippen LogP contribution in [0.5, 0.6) is 5.75 Å². The summed E-state index contributed by atoms with van der Waals surface area (Å²) in [5, 5.41) is 24.8. The van der Waals surface area contributed by atoms with Gasteiger partial charge in [-0.15, -0.1) is 10.2 Å². The van der Waals surface area contributed by atoms with Crippen LogP contribution in [0.25, 0.3) is 16.7 Å². The molecule has 1 fully saturated rings. The number of benzene rings is 1. The van der Waals surface area contributed by atoms with Crippen molar-refractivity contribution in [2.75, 3.05) is 38.6 Å². The van der Waals surface area contributed by atoms with Crippen LogP contribution in [0, 0.1) is 12.8 Å². The number of carbonyl (C=O) groups excluding carboxylic acids is 1. The Morgan fingerprint density at radius 3 is 2.76 bits per heavy atom. The zero-order valence-corrected chi connectivity index (χ0v) is 20.4. The number of aliphatic hydroxyl groups excluding tert-OH is 1. The highest BCUT2D eigenvalue weighted by molar-refractivity contribution is 5.84. The molecule has 1 aliphatic heterocycles. The second-order valence-corrected chi connectivity index (χ2v) is 9.27. The minimum atomic E-state index is -0.328. The lowest BCUT2D eigenvalue weighted by atomic mass is 10.0. The number of nitrogens with one attached hydrogen (secondary N) is 2. The lowest BCUT2D eigenvalue weighted by Gasteiger charge is -2.29. The monoisotopic (exact) mass is 469 g/mol. The number of β-amino-alcohol motifs (C(OH)–C–C–N with tert-alkyl or cyclic N) is 1. The van der Waals surface area contributed by atoms with Gasteiger partial charge < -0.3 is 20.5 Å². The van der Waals surface area contributed by atoms with E-state index in [4.69, 9.17) is 9.72 Å². The van der Waals surface area contributed by atoms with Crippen molar-refractivity contribution in [3.63, 3.8) is 0 Å². The van der Waals surface area contributed by atoms with Crippen molar-refractivity contribution in [3.8, 4) is 5.75 Å². The van der Waals surface area contributed by atoms with Gasteiger partial charge in [0.1, 0.15) is 11.6 Å². The Morgan fingerprint density at radius 1 is 1.26 bits per heavy atom. The molecule has 184 valence electrons. The zero-order chi connectivity index (χ0) is 24.2. The van der Waals surface area contributed by atoms with Crippen LogP contribution in [-0.4, -0.2) is 80.9 Å². The molecule has 3 aromatic rings. The van der Waals surface area contributed by atoms with Crippen molar-refractivity contribution in [1.82, 2.24) is 29.8 Å². The van der Waals surface area contributed by atoms with E-state index in [1.165, 1.54) is 0 Å². The van der Waals surface area contributed by atoms with Crippen LogP contribution >= 0.6 is 0 Å². The van der Waals surface area contributed by atoms with E-state index in [1.54, 1.807) is 7.11 Å². The topological polar surface area (TPSA) is 117 Å². The van der Waals surface area contributed by atoms with Gasteiger partial charge in [-0.1, -0.05) is 13.8 Å². The van der Waals surface area contributed by atoms with Crippen LogP contribution in [0.2, 0.25) is 0 Å². The quantitative estimate of drug-likeness (QED) is 0.386. The van der Waals surface area contributed by atoms with E-state index in [2.05, 4.69) is 39.6 Å². The number of aryl methyl sites for hydroxylation is 1. The molecule has 1 saturated heterocycles. The van der Waals surface area contributed by atoms with Gasteiger partial charge in [0.25, 0.3) is 0 Å². The van der Waals surface area contributed by atoms with Crippen LogP contribution in [0.3, 0.4) is 0 Å². The average Bonchev–Trinajstić information content (AvgIpc) is 3.41. The van der Waals surface area contributed by atoms with Crippen molar-refractivity contribution in [2.45, 2.75) is 52.2 Å². The van der Waals surface area contributed by atoms with Crippen LogP contribution in [0.15, 0.2) is 18.2 Å². The molecule has 0 aliphatic carbocycles. The number of hydrogen-bond donors (Lipinski definition) is 3. The first-order valence-electron chi connectivity index (χ1n) is 12.0. The summed E-state index contributed by atoms with van der Waals surface area (Å²) in [6.07, 6.45) is 2.11. The first kappa shape index (κ1) is 24.2. The summed E-state index contributed by atoms with van der Waals surface area (Å²) < 4.78 is 7.34. The van der Waals surface area contributed by atoms with Crippen LogP contribution < -0.4 is 15.4 Å². The second kappa shape index (κ2) is 10.5. The van der Waals surface area contributed by atoms with E-state index >= 15 is 0 Å². The lowest BCUT2D eigenvalue weighted by Crippen LogP contribution is -2.49. The maximum absolute atomic E-state index is 12.8. The van der Waals surface area contributed by atoms with Gasteiger partial charge in [0.15, 0.2) is 5.82 Å². The first-order chi connectivity index (χ1) is 16.4. The Bertz CT molecular complexity index is 1150. The molecular weight excluding hydrogens is 434 g/mol. The third-order valence-electron chi connectivity index (χ3n) is 6.38. The molecule has 1 amide bonds. The molecule has 0 bridgehead atoms. The number of rotatable bonds is 10. The average molecular weight is 470 g/mol. The molecular formula is C24H35N7O3. The third-order valence-corrected chi connectivity index (χ3v) is 6.38. The highest BCUT2D eigenvalue weighted by Gasteiger charge is 2.33. The number of ether oxygens (including phenoxy) is 1. The summed E-state index contributed by atoms with van der Waals surface area (Å²) in [4.78, 5) is 19.6. The summed E-state index contributed by atoms with van der Waals surface area (Å²) in [6, 6.07) is 5.57. The fraction of sp³-hybridized carbons (Fsp3) is 0.583. The van der Waals surface area contributed by atoms with Crippen molar-refractivity contribution >= 4 is 28.4 Å². The number of aliphatic hydroxyl groups is 1. The number of methoxy groups -OCH3 is 1. The molecule has 3 heterocycles. The smallest absolute Gasteiger partial charge is 0.237 e. The van der Waals surface area contributed by atoms with Crippen molar-refractivity contribution in [3.05, 3.63) is 24.0 Å². The molecule has 1 aliphatic rings. The lowest BCUT2D eigenvalue weighted by molar-refractivity contribution is -0.127. The molecule has 10 nitrogen and oxygen atoms in total. The summed E-state index contributed by atoms with van der Waals surface area (Å²) in [6.45, 7) is 8.68. The Balaban J connectivity index is 1.32. The number of unbranched alkanes of at least 4 members (excludes halogenated alkanes) is 1. The molecule has 10 heteroatoms. The number of fused-ring (bicyclic) bond motifs is 3. The molecule has 2 atom stereocenters. The number of nitrogens with zero attached hydrogens (tertiary/aromatic N) is 5. The van der Waals surface area contributed by atoms with Gasteiger partial charge >= 0.3 is 0 Å². The Morgan fingerprint density at radius 2 is 2.06 bits per heavy atom. The zero-order valence-electron chi connectivity index (χ0n) is 20.4. The van der Waals surface area contributed by atoms with E-state index in [-0.39, 0.29) is 24.0 Å². The predicted octanol–water partition coefficient (Wildman–Crippen LogP) is 1.99. The minimum absolute atomic E-state index is 0.0443. The number of likely N-dealkylation sites (tertiary alicyclic amines) is 1. The second-order valence-electron chi connectivity index (χ2n) is 9.27. The normalized spacial score (nSPS) is 17.5. The van der Waals surface area contributed by atoms with Gasteiger partial charge in [0, 0.05) is 32.2 Å². The van der Waals surface area contributed by atoms with E-state index in [0.29, 0.717) is 31.1 Å². The third kappa shape index (κ3) is 5.07. The van der Waals surface area contributed by atoms with Gasteiger partial charge in [-0.05, 0) is 44.2 Å². The number of aromatic nitrogens is 4. The van der Waals surface area contributed by atoms with Gasteiger partial charge in [-0.2, -0.15) is 0 Å². The predicted molar refractivity (Wildman–Crippen MR) is 131 cm³/mol. The van der Waals surface area contributed by atoms with E-state index in [9.17, 15) is 9.90 Å². The van der Waals surface area contributed by atoms with Crippen molar-refractivity contribution in [1.29, 1.82) is 0 Å². The maximum Gasteiger partial charge on any atom is 0.237 e. The molecule has 34 heavy (non-hydrogen) atoms. The van der Waals surface area contributed by atoms with Gasteiger partial charge in [0.05, 0.1) is 30.3 Å². The van der Waals surface area contributed by atoms with Gasteiger partial charge in [0.2, 0.25) is 11.6 Å². The minimum Gasteiger partial charge on any atom is -0.497 e. The molecule has 1 unspecified atom stereocenters. The summed E-state index contributed by atoms with van der Waals surface area (Å²) in [5.74, 6) is 2.46. The molecule has 0 saturated carbocycles. The van der Waals surface area contributed by atoms with E-state index in [0.717, 1.165) is 48.4 Å². The standard InChI is InChI=1S/C24H35N7O3/c1-15(2)21(30-12-9-17(32)14-30)24(33)26-11-6-5-10-25-22-23-29-28-16(3)31(23)20-8-7-18(34-4)13-19(20)27-22/h7-8,13,15,17,21,32H,5-6,9-12,14H2,1-4H3,(H,25,27)(H,26,33)/t17-,21?/m0/s1. The Labute approximate surface area is 199 Å². The fourth-order valence-corrected chi connectivity index (χ4v) is 4.69. The molecule has 2 aromatic heterocycles. The van der Waals surface area contributed by atoms with Gasteiger partial charge in [-0.3, -0.25) is 14.1 Å². The summed E-state index contributed by atoms with van der Waals surface area (Å²) in [5.41, 5.74) is 2.42. The van der Waals surface area contributed by atoms with Crippen LogP contribution in [-0.2, 0) is 4.79 Å². The molecule has 0 spiro atoms. The number of amides is 1. The molecule has 3 N–H and O–H groups in total. The van der Waals surface area contributed by atoms with E-state index < -0.39 is 0 Å².